The molecule has 0 fully saturated rings. The largest absolute Gasteiger partial charge is 0.312 e. The molecule has 114 valence electrons. The molecule has 1 aromatic heterocycles. The van der Waals surface area contributed by atoms with Crippen LogP contribution in [0.25, 0.3) is 0 Å². The highest BCUT2D eigenvalue weighted by Crippen LogP contribution is 2.28. The Morgan fingerprint density at radius 3 is 2.73 bits per heavy atom. The molecule has 0 aliphatic carbocycles. The second kappa shape index (κ2) is 6.48. The molecule has 22 heavy (non-hydrogen) atoms. The maximum Gasteiger partial charge on any atom is 0.227 e. The Kier molecular flexibility index (Phi) is 4.43. The van der Waals surface area contributed by atoms with Gasteiger partial charge >= 0.3 is 0 Å². The van der Waals surface area contributed by atoms with Crippen molar-refractivity contribution in [3.05, 3.63) is 47.3 Å². The Hall–Kier alpha value is -1.88. The average molecular weight is 313 g/mol. The zero-order valence-electron chi connectivity index (χ0n) is 12.9. The van der Waals surface area contributed by atoms with Crippen molar-refractivity contribution in [2.75, 3.05) is 17.2 Å². The maximum absolute atomic E-state index is 12.4. The molecule has 0 unspecified atom stereocenters. The van der Waals surface area contributed by atoms with Crippen LogP contribution in [0.5, 0.6) is 0 Å². The zero-order valence-corrected chi connectivity index (χ0v) is 13.7. The van der Waals surface area contributed by atoms with E-state index in [9.17, 15) is 4.79 Å². The van der Waals surface area contributed by atoms with Crippen molar-refractivity contribution in [2.45, 2.75) is 31.8 Å². The van der Waals surface area contributed by atoms with Crippen LogP contribution in [0, 0.1) is 13.8 Å². The van der Waals surface area contributed by atoms with Crippen LogP contribution in [0.15, 0.2) is 35.5 Å². The van der Waals surface area contributed by atoms with E-state index < -0.39 is 0 Å². The van der Waals surface area contributed by atoms with Crippen LogP contribution < -0.4 is 4.90 Å². The first-order valence-electron chi connectivity index (χ1n) is 7.47. The molecule has 0 saturated heterocycles. The van der Waals surface area contributed by atoms with Crippen LogP contribution in [0.2, 0.25) is 0 Å². The van der Waals surface area contributed by atoms with Crippen molar-refractivity contribution < 1.29 is 4.79 Å². The Morgan fingerprint density at radius 1 is 1.23 bits per heavy atom. The minimum absolute atomic E-state index is 0.182. The normalized spacial score (nSPS) is 13.3. The number of hydrogen-bond donors (Lipinski definition) is 0. The fourth-order valence-corrected chi connectivity index (χ4v) is 3.60. The number of hydrogen-bond acceptors (Lipinski definition) is 4. The topological polar surface area (TPSA) is 46.1 Å². The van der Waals surface area contributed by atoms with Crippen LogP contribution in [0.3, 0.4) is 0 Å². The summed E-state index contributed by atoms with van der Waals surface area (Å²) < 4.78 is 0. The first kappa shape index (κ1) is 15.0. The maximum atomic E-state index is 12.4. The lowest BCUT2D eigenvalue weighted by atomic mass is 10.2. The van der Waals surface area contributed by atoms with Gasteiger partial charge in [-0.1, -0.05) is 30.0 Å². The van der Waals surface area contributed by atoms with E-state index in [0.29, 0.717) is 12.2 Å². The van der Waals surface area contributed by atoms with Gasteiger partial charge in [0.15, 0.2) is 5.16 Å². The molecule has 1 aliphatic heterocycles. The van der Waals surface area contributed by atoms with Crippen LogP contribution in [-0.2, 0) is 11.2 Å². The zero-order chi connectivity index (χ0) is 15.5. The smallest absolute Gasteiger partial charge is 0.227 e. The third-order valence-electron chi connectivity index (χ3n) is 3.70. The molecule has 0 atom stereocenters. The fraction of sp³-hybridized carbons (Fsp3) is 0.353. The number of fused-ring (bicyclic) bond motifs is 1. The van der Waals surface area contributed by atoms with Crippen LogP contribution in [0.4, 0.5) is 5.69 Å². The molecule has 0 radical (unpaired) electrons. The molecule has 1 amide bonds. The van der Waals surface area contributed by atoms with Gasteiger partial charge in [-0.3, -0.25) is 4.79 Å². The van der Waals surface area contributed by atoms with Gasteiger partial charge in [-0.15, -0.1) is 0 Å². The summed E-state index contributed by atoms with van der Waals surface area (Å²) >= 11 is 1.55. The minimum Gasteiger partial charge on any atom is -0.312 e. The first-order valence-corrected chi connectivity index (χ1v) is 8.45. The van der Waals surface area contributed by atoms with Crippen LogP contribution >= 0.6 is 11.8 Å². The summed E-state index contributed by atoms with van der Waals surface area (Å²) in [5.41, 5.74) is 4.27. The predicted octanol–water partition coefficient (Wildman–Crippen LogP) is 3.16. The van der Waals surface area contributed by atoms with E-state index in [1.807, 2.05) is 43.0 Å². The Balaban J connectivity index is 1.57. The monoisotopic (exact) mass is 313 g/mol. The highest BCUT2D eigenvalue weighted by molar-refractivity contribution is 7.99. The molecule has 2 aromatic rings. The lowest BCUT2D eigenvalue weighted by Gasteiger charge is -2.17. The molecule has 2 heterocycles. The molecule has 1 aromatic carbocycles. The first-order chi connectivity index (χ1) is 10.6. The minimum atomic E-state index is 0.182. The highest BCUT2D eigenvalue weighted by Gasteiger charge is 2.23. The molecule has 0 saturated carbocycles. The number of aromatic nitrogens is 2. The molecule has 4 nitrogen and oxygen atoms in total. The average Bonchev–Trinajstić information content (AvgIpc) is 2.90. The van der Waals surface area contributed by atoms with Gasteiger partial charge in [0.05, 0.1) is 0 Å². The third kappa shape index (κ3) is 3.30. The number of anilines is 1. The summed E-state index contributed by atoms with van der Waals surface area (Å²) in [6.45, 7) is 4.72. The summed E-state index contributed by atoms with van der Waals surface area (Å²) in [6, 6.07) is 10.1. The lowest BCUT2D eigenvalue weighted by Crippen LogP contribution is -2.29. The van der Waals surface area contributed by atoms with Crippen LogP contribution in [0.1, 0.15) is 23.4 Å². The number of carbonyl (C=O) groups excluding carboxylic acids is 1. The Labute approximate surface area is 135 Å². The van der Waals surface area contributed by atoms with Crippen LogP contribution in [-0.4, -0.2) is 28.2 Å². The van der Waals surface area contributed by atoms with Gasteiger partial charge in [-0.2, -0.15) is 0 Å². The van der Waals surface area contributed by atoms with E-state index in [2.05, 4.69) is 16.0 Å². The number of rotatable bonds is 4. The van der Waals surface area contributed by atoms with Crippen molar-refractivity contribution >= 4 is 23.4 Å². The summed E-state index contributed by atoms with van der Waals surface area (Å²) in [5, 5.41) is 0.757. The number of benzene rings is 1. The van der Waals surface area contributed by atoms with E-state index in [1.165, 1.54) is 5.56 Å². The molecule has 0 spiro atoms. The van der Waals surface area contributed by atoms with Gasteiger partial charge in [0.25, 0.3) is 0 Å². The fourth-order valence-electron chi connectivity index (χ4n) is 2.72. The molecule has 0 bridgehead atoms. The second-order valence-electron chi connectivity index (χ2n) is 5.46. The van der Waals surface area contributed by atoms with Gasteiger partial charge in [0.1, 0.15) is 0 Å². The van der Waals surface area contributed by atoms with E-state index in [-0.39, 0.29) is 5.91 Å². The van der Waals surface area contributed by atoms with Crippen molar-refractivity contribution in [1.29, 1.82) is 0 Å². The van der Waals surface area contributed by atoms with E-state index in [0.717, 1.165) is 35.2 Å². The van der Waals surface area contributed by atoms with Gasteiger partial charge < -0.3 is 4.90 Å². The van der Waals surface area contributed by atoms with Crippen molar-refractivity contribution in [1.82, 2.24) is 9.97 Å². The number of nitrogens with zero attached hydrogens (tertiary/aromatic N) is 3. The van der Waals surface area contributed by atoms with E-state index in [4.69, 9.17) is 0 Å². The van der Waals surface area contributed by atoms with E-state index in [1.54, 1.807) is 11.8 Å². The standard InChI is InChI=1S/C17H19N3OS/c1-12-11-13(2)19-17(18-12)22-10-8-16(21)20-9-7-14-5-3-4-6-15(14)20/h3-6,11H,7-10H2,1-2H3. The molecular formula is C17H19N3OS. The Morgan fingerprint density at radius 2 is 1.95 bits per heavy atom. The number of amides is 1. The summed E-state index contributed by atoms with van der Waals surface area (Å²) in [5.74, 6) is 0.891. The quantitative estimate of drug-likeness (QED) is 0.642. The molecule has 1 aliphatic rings. The second-order valence-corrected chi connectivity index (χ2v) is 6.52. The number of aryl methyl sites for hydroxylation is 2. The molecule has 5 heteroatoms. The van der Waals surface area contributed by atoms with Crippen molar-refractivity contribution in [2.24, 2.45) is 0 Å². The predicted molar refractivity (Wildman–Crippen MR) is 89.3 cm³/mol. The summed E-state index contributed by atoms with van der Waals surface area (Å²) in [4.78, 5) is 23.1. The van der Waals surface area contributed by atoms with Gasteiger partial charge in [0.2, 0.25) is 5.91 Å². The Bertz CT molecular complexity index is 682. The van der Waals surface area contributed by atoms with Crippen molar-refractivity contribution in [3.63, 3.8) is 0 Å². The van der Waals surface area contributed by atoms with Gasteiger partial charge in [-0.25, -0.2) is 9.97 Å². The summed E-state index contributed by atoms with van der Waals surface area (Å²) in [7, 11) is 0. The molecular weight excluding hydrogens is 294 g/mol. The summed E-state index contributed by atoms with van der Waals surface area (Å²) in [6.07, 6.45) is 1.46. The van der Waals surface area contributed by atoms with E-state index >= 15 is 0 Å². The number of para-hydroxylation sites is 1. The third-order valence-corrected chi connectivity index (χ3v) is 4.55. The number of thioether (sulfide) groups is 1. The highest BCUT2D eigenvalue weighted by atomic mass is 32.2. The van der Waals surface area contributed by atoms with Gasteiger partial charge in [-0.05, 0) is 38.0 Å². The number of carbonyl (C=O) groups is 1. The SMILES string of the molecule is Cc1cc(C)nc(SCCC(=O)N2CCc3ccccc32)n1. The molecule has 3 rings (SSSR count). The molecule has 0 N–H and O–H groups in total. The van der Waals surface area contributed by atoms with Crippen molar-refractivity contribution in [3.8, 4) is 0 Å². The lowest BCUT2D eigenvalue weighted by molar-refractivity contribution is -0.118. The van der Waals surface area contributed by atoms with Gasteiger partial charge in [0, 0.05) is 35.8 Å².